The van der Waals surface area contributed by atoms with E-state index in [0.717, 1.165) is 42.9 Å². The van der Waals surface area contributed by atoms with Crippen LogP contribution in [0.3, 0.4) is 0 Å². The second-order valence-electron chi connectivity index (χ2n) is 8.54. The minimum atomic E-state index is 0.533. The van der Waals surface area contributed by atoms with Crippen LogP contribution in [-0.4, -0.2) is 70.6 Å². The summed E-state index contributed by atoms with van der Waals surface area (Å²) in [6.45, 7) is 9.72. The number of piperidine rings is 1. The monoisotopic (exact) mass is 435 g/mol. The van der Waals surface area contributed by atoms with Gasteiger partial charge in [-0.05, 0) is 58.2 Å². The van der Waals surface area contributed by atoms with Gasteiger partial charge in [0, 0.05) is 44.7 Å². The van der Waals surface area contributed by atoms with Crippen molar-refractivity contribution in [2.24, 2.45) is 4.99 Å². The number of thioether (sulfide) groups is 1. The van der Waals surface area contributed by atoms with Gasteiger partial charge in [-0.2, -0.15) is 0 Å². The molecule has 0 aromatic carbocycles. The molecule has 1 saturated heterocycles. The molecule has 1 aromatic rings. The maximum Gasteiger partial charge on any atom is 0.191 e. The molecule has 2 aliphatic rings. The Morgan fingerprint density at radius 1 is 1.13 bits per heavy atom. The minimum absolute atomic E-state index is 0.533. The number of nitrogens with zero attached hydrogens (tertiary/aromatic N) is 5. The van der Waals surface area contributed by atoms with E-state index >= 15 is 0 Å². The first-order valence-corrected chi connectivity index (χ1v) is 13.2. The predicted molar refractivity (Wildman–Crippen MR) is 126 cm³/mol. The largest absolute Gasteiger partial charge is 0.357 e. The highest BCUT2D eigenvalue weighted by Crippen LogP contribution is 2.33. The third-order valence-electron chi connectivity index (χ3n) is 6.25. The Balaban J connectivity index is 1.49. The average molecular weight is 436 g/mol. The molecular formula is C22H41N7S. The normalized spacial score (nSPS) is 19.5. The molecule has 1 aliphatic carbocycles. The van der Waals surface area contributed by atoms with Crippen molar-refractivity contribution in [3.63, 3.8) is 0 Å². The standard InChI is InChI=1S/C22H41N7S/c1-4-15-28-16-12-18(13-17-28)25-21(23-5-2)24-14-8-11-20-26-27-22(30-3)29(20)19-9-6-7-10-19/h18-19H,4-17H2,1-3H3,(H2,23,24,25). The molecule has 0 radical (unpaired) electrons. The van der Waals surface area contributed by atoms with Crippen LogP contribution >= 0.6 is 11.8 Å². The van der Waals surface area contributed by atoms with Crippen molar-refractivity contribution in [2.75, 3.05) is 39.0 Å². The van der Waals surface area contributed by atoms with Gasteiger partial charge >= 0.3 is 0 Å². The van der Waals surface area contributed by atoms with E-state index in [0.29, 0.717) is 12.1 Å². The van der Waals surface area contributed by atoms with Crippen LogP contribution in [0.4, 0.5) is 0 Å². The van der Waals surface area contributed by atoms with E-state index in [-0.39, 0.29) is 0 Å². The van der Waals surface area contributed by atoms with Gasteiger partial charge in [0.2, 0.25) is 0 Å². The highest BCUT2D eigenvalue weighted by atomic mass is 32.2. The summed E-state index contributed by atoms with van der Waals surface area (Å²) in [6.07, 6.45) is 12.9. The lowest BCUT2D eigenvalue weighted by molar-refractivity contribution is 0.206. The maximum absolute atomic E-state index is 4.85. The van der Waals surface area contributed by atoms with Crippen molar-refractivity contribution < 1.29 is 0 Å². The van der Waals surface area contributed by atoms with E-state index < -0.39 is 0 Å². The molecule has 0 atom stereocenters. The summed E-state index contributed by atoms with van der Waals surface area (Å²) in [5.41, 5.74) is 0. The van der Waals surface area contributed by atoms with Crippen molar-refractivity contribution in [3.05, 3.63) is 5.82 Å². The summed E-state index contributed by atoms with van der Waals surface area (Å²) in [5, 5.41) is 17.1. The molecule has 0 amide bonds. The third-order valence-corrected chi connectivity index (χ3v) is 6.89. The van der Waals surface area contributed by atoms with Gasteiger partial charge in [-0.25, -0.2) is 0 Å². The number of rotatable bonds is 10. The highest BCUT2D eigenvalue weighted by Gasteiger charge is 2.23. The third kappa shape index (κ3) is 6.61. The van der Waals surface area contributed by atoms with E-state index in [1.165, 1.54) is 64.6 Å². The van der Waals surface area contributed by atoms with Gasteiger partial charge in [-0.15, -0.1) is 10.2 Å². The molecule has 0 bridgehead atoms. The number of aliphatic imine (C=N–C) groups is 1. The summed E-state index contributed by atoms with van der Waals surface area (Å²) in [7, 11) is 0. The van der Waals surface area contributed by atoms with Crippen LogP contribution in [0.25, 0.3) is 0 Å². The lowest BCUT2D eigenvalue weighted by atomic mass is 10.1. The number of aryl methyl sites for hydroxylation is 1. The van der Waals surface area contributed by atoms with Crippen LogP contribution in [0.15, 0.2) is 10.1 Å². The molecule has 3 rings (SSSR count). The van der Waals surface area contributed by atoms with Crippen molar-refractivity contribution >= 4 is 17.7 Å². The molecule has 2 N–H and O–H groups in total. The Morgan fingerprint density at radius 2 is 1.90 bits per heavy atom. The molecule has 1 aliphatic heterocycles. The van der Waals surface area contributed by atoms with Gasteiger partial charge in [-0.3, -0.25) is 4.99 Å². The number of likely N-dealkylation sites (tertiary alicyclic amines) is 1. The Morgan fingerprint density at radius 3 is 2.57 bits per heavy atom. The fourth-order valence-corrected chi connectivity index (χ4v) is 5.28. The summed E-state index contributed by atoms with van der Waals surface area (Å²) >= 11 is 1.71. The summed E-state index contributed by atoms with van der Waals surface area (Å²) in [5.74, 6) is 2.11. The first kappa shape index (κ1) is 23.4. The van der Waals surface area contributed by atoms with Gasteiger partial charge < -0.3 is 20.1 Å². The smallest absolute Gasteiger partial charge is 0.191 e. The zero-order valence-electron chi connectivity index (χ0n) is 19.2. The fourth-order valence-electron chi connectivity index (χ4n) is 4.70. The lowest BCUT2D eigenvalue weighted by Gasteiger charge is -2.32. The molecular weight excluding hydrogens is 394 g/mol. The summed E-state index contributed by atoms with van der Waals surface area (Å²) in [4.78, 5) is 7.43. The maximum atomic E-state index is 4.85. The Bertz CT molecular complexity index is 646. The van der Waals surface area contributed by atoms with E-state index in [1.807, 2.05) is 0 Å². The SMILES string of the molecule is CCCN1CCC(NC(=NCCCc2nnc(SC)n2C2CCCC2)NCC)CC1. The molecule has 8 heteroatoms. The van der Waals surface area contributed by atoms with Gasteiger partial charge in [0.25, 0.3) is 0 Å². The first-order valence-electron chi connectivity index (χ1n) is 12.0. The zero-order valence-corrected chi connectivity index (χ0v) is 20.0. The second-order valence-corrected chi connectivity index (χ2v) is 9.31. The number of hydrogen-bond acceptors (Lipinski definition) is 5. The fraction of sp³-hybridized carbons (Fsp3) is 0.864. The van der Waals surface area contributed by atoms with E-state index in [1.54, 1.807) is 11.8 Å². The average Bonchev–Trinajstić information content (AvgIpc) is 3.42. The van der Waals surface area contributed by atoms with Crippen molar-refractivity contribution in [1.29, 1.82) is 0 Å². The van der Waals surface area contributed by atoms with E-state index in [2.05, 4.69) is 50.4 Å². The Kier molecular flexibility index (Phi) is 9.78. The predicted octanol–water partition coefficient (Wildman–Crippen LogP) is 3.48. The van der Waals surface area contributed by atoms with Crippen LogP contribution in [0.1, 0.15) is 77.1 Å². The van der Waals surface area contributed by atoms with E-state index in [9.17, 15) is 0 Å². The Hall–Kier alpha value is -1.28. The summed E-state index contributed by atoms with van der Waals surface area (Å²) in [6, 6.07) is 1.13. The van der Waals surface area contributed by atoms with Crippen molar-refractivity contribution in [3.8, 4) is 0 Å². The van der Waals surface area contributed by atoms with Crippen LogP contribution in [0.2, 0.25) is 0 Å². The van der Waals surface area contributed by atoms with Crippen LogP contribution in [0.5, 0.6) is 0 Å². The van der Waals surface area contributed by atoms with Gasteiger partial charge in [0.1, 0.15) is 5.82 Å². The van der Waals surface area contributed by atoms with Gasteiger partial charge in [0.05, 0.1) is 0 Å². The number of guanidine groups is 1. The molecule has 1 saturated carbocycles. The second kappa shape index (κ2) is 12.5. The molecule has 170 valence electrons. The van der Waals surface area contributed by atoms with Crippen LogP contribution < -0.4 is 10.6 Å². The number of hydrogen-bond donors (Lipinski definition) is 2. The quantitative estimate of drug-likeness (QED) is 0.254. The number of nitrogens with one attached hydrogen (secondary N) is 2. The molecule has 1 aromatic heterocycles. The van der Waals surface area contributed by atoms with Crippen LogP contribution in [0, 0.1) is 0 Å². The zero-order chi connectivity index (χ0) is 21.2. The van der Waals surface area contributed by atoms with Crippen LogP contribution in [-0.2, 0) is 6.42 Å². The highest BCUT2D eigenvalue weighted by molar-refractivity contribution is 7.98. The van der Waals surface area contributed by atoms with Crippen molar-refractivity contribution in [1.82, 2.24) is 30.3 Å². The summed E-state index contributed by atoms with van der Waals surface area (Å²) < 4.78 is 2.41. The van der Waals surface area contributed by atoms with Gasteiger partial charge in [-0.1, -0.05) is 31.5 Å². The molecule has 0 spiro atoms. The Labute approximate surface area is 186 Å². The van der Waals surface area contributed by atoms with Crippen molar-refractivity contribution in [2.45, 2.75) is 88.9 Å². The molecule has 2 fully saturated rings. The lowest BCUT2D eigenvalue weighted by Crippen LogP contribution is -2.48. The topological polar surface area (TPSA) is 70.4 Å². The van der Waals surface area contributed by atoms with Gasteiger partial charge in [0.15, 0.2) is 11.1 Å². The first-order chi connectivity index (χ1) is 14.7. The minimum Gasteiger partial charge on any atom is -0.357 e. The van der Waals surface area contributed by atoms with E-state index in [4.69, 9.17) is 4.99 Å². The molecule has 0 unspecified atom stereocenters. The molecule has 2 heterocycles. The molecule has 7 nitrogen and oxygen atoms in total. The molecule has 30 heavy (non-hydrogen) atoms. The number of aromatic nitrogens is 3.